The summed E-state index contributed by atoms with van der Waals surface area (Å²) in [6, 6.07) is 13.4. The summed E-state index contributed by atoms with van der Waals surface area (Å²) >= 11 is 0. The number of fused-ring (bicyclic) bond motifs is 2. The molecule has 0 unspecified atom stereocenters. The maximum atomic E-state index is 15.3. The number of ketones is 1. The third-order valence-electron chi connectivity index (χ3n) is 7.65. The van der Waals surface area contributed by atoms with E-state index in [0.29, 0.717) is 48.7 Å². The van der Waals surface area contributed by atoms with Gasteiger partial charge in [-0.15, -0.1) is 0 Å². The molecule has 3 aromatic rings. The highest BCUT2D eigenvalue weighted by atomic mass is 19.1. The van der Waals surface area contributed by atoms with Gasteiger partial charge >= 0.3 is 5.97 Å². The normalized spacial score (nSPS) is 18.2. The molecule has 2 heterocycles. The predicted octanol–water partition coefficient (Wildman–Crippen LogP) is 5.84. The van der Waals surface area contributed by atoms with Crippen LogP contribution in [-0.2, 0) is 16.1 Å². The zero-order valence-corrected chi connectivity index (χ0v) is 21.0. The van der Waals surface area contributed by atoms with Crippen molar-refractivity contribution in [1.82, 2.24) is 0 Å². The molecule has 3 aliphatic rings. The average molecular weight is 503 g/mol. The number of rotatable bonds is 6. The van der Waals surface area contributed by atoms with Crippen molar-refractivity contribution >= 4 is 11.8 Å². The van der Waals surface area contributed by atoms with Crippen LogP contribution in [0, 0.1) is 19.7 Å². The molecule has 0 N–H and O–H groups in total. The molecule has 6 nitrogen and oxygen atoms in total. The number of ether oxygens (including phenoxy) is 4. The molecule has 37 heavy (non-hydrogen) atoms. The van der Waals surface area contributed by atoms with Gasteiger partial charge in [0.1, 0.15) is 18.1 Å². The highest BCUT2D eigenvalue weighted by molar-refractivity contribution is 6.11. The lowest BCUT2D eigenvalue weighted by Gasteiger charge is -2.16. The van der Waals surface area contributed by atoms with Crippen LogP contribution in [-0.4, -0.2) is 31.1 Å². The van der Waals surface area contributed by atoms with E-state index in [4.69, 9.17) is 18.9 Å². The van der Waals surface area contributed by atoms with Gasteiger partial charge in [-0.25, -0.2) is 4.39 Å². The number of Topliss-reactive ketones (excluding diaryl/α,β-unsaturated/α-hetero) is 1. The summed E-state index contributed by atoms with van der Waals surface area (Å²) in [5, 5.41) is 0. The Labute approximate surface area is 214 Å². The summed E-state index contributed by atoms with van der Waals surface area (Å²) in [7, 11) is 1.38. The first-order chi connectivity index (χ1) is 17.8. The summed E-state index contributed by atoms with van der Waals surface area (Å²) < 4.78 is 37.7. The molecule has 2 aliphatic heterocycles. The molecular weight excluding hydrogens is 475 g/mol. The lowest BCUT2D eigenvalue weighted by Crippen LogP contribution is -2.22. The van der Waals surface area contributed by atoms with Crippen LogP contribution in [0.15, 0.2) is 42.5 Å². The first-order valence-electron chi connectivity index (χ1n) is 12.4. The number of esters is 1. The van der Waals surface area contributed by atoms with E-state index < -0.39 is 11.4 Å². The molecule has 1 saturated carbocycles. The third kappa shape index (κ3) is 3.84. The van der Waals surface area contributed by atoms with Crippen molar-refractivity contribution in [3.63, 3.8) is 0 Å². The van der Waals surface area contributed by atoms with Crippen molar-refractivity contribution in [3.05, 3.63) is 76.1 Å². The van der Waals surface area contributed by atoms with Crippen LogP contribution in [0.1, 0.15) is 57.8 Å². The molecule has 0 aromatic heterocycles. The summed E-state index contributed by atoms with van der Waals surface area (Å²) in [5.41, 5.74) is 4.17. The van der Waals surface area contributed by atoms with E-state index in [-0.39, 0.29) is 29.8 Å². The van der Waals surface area contributed by atoms with Crippen LogP contribution < -0.4 is 14.2 Å². The van der Waals surface area contributed by atoms with E-state index in [0.717, 1.165) is 27.8 Å². The fraction of sp³-hybridized carbons (Fsp3) is 0.333. The standard InChI is InChI=1S/C30H27FO6/c1-16-25(17(2)27(31)28-26(16)29(33)30(37-28)9-10-30)19-6-4-5-18(11-19)14-35-21-7-8-22-20(12-24(32)34-3)15-36-23(22)13-21/h4-8,11,13,20H,9-10,12,14-15H2,1-3H3/t20-/m1/s1. The Morgan fingerprint density at radius 1 is 1.11 bits per heavy atom. The number of carbonyl (C=O) groups excluding carboxylic acids is 2. The molecular formula is C30H27FO6. The molecule has 0 radical (unpaired) electrons. The van der Waals surface area contributed by atoms with E-state index in [1.165, 1.54) is 7.11 Å². The quantitative estimate of drug-likeness (QED) is 0.395. The number of benzene rings is 3. The molecule has 1 fully saturated rings. The van der Waals surface area contributed by atoms with E-state index in [1.807, 2.05) is 49.4 Å². The lowest BCUT2D eigenvalue weighted by molar-refractivity contribution is -0.141. The Kier molecular flexibility index (Phi) is 5.48. The Hall–Kier alpha value is -3.87. The molecule has 1 atom stereocenters. The second kappa shape index (κ2) is 8.61. The van der Waals surface area contributed by atoms with E-state index in [1.54, 1.807) is 6.92 Å². The van der Waals surface area contributed by atoms with Gasteiger partial charge in [-0.05, 0) is 66.6 Å². The smallest absolute Gasteiger partial charge is 0.306 e. The van der Waals surface area contributed by atoms with E-state index >= 15 is 4.39 Å². The van der Waals surface area contributed by atoms with Crippen molar-refractivity contribution in [1.29, 1.82) is 0 Å². The summed E-state index contributed by atoms with van der Waals surface area (Å²) in [4.78, 5) is 24.7. The van der Waals surface area contributed by atoms with Crippen LogP contribution in [0.4, 0.5) is 4.39 Å². The minimum atomic E-state index is -0.840. The molecule has 6 rings (SSSR count). The zero-order chi connectivity index (χ0) is 25.9. The van der Waals surface area contributed by atoms with Crippen LogP contribution in [0.5, 0.6) is 17.2 Å². The molecule has 7 heteroatoms. The number of carbonyl (C=O) groups is 2. The maximum absolute atomic E-state index is 15.3. The average Bonchev–Trinajstić information content (AvgIpc) is 3.49. The number of hydrogen-bond donors (Lipinski definition) is 0. The lowest BCUT2D eigenvalue weighted by atomic mass is 9.89. The van der Waals surface area contributed by atoms with Crippen molar-refractivity contribution < 1.29 is 32.9 Å². The van der Waals surface area contributed by atoms with Crippen LogP contribution >= 0.6 is 0 Å². The van der Waals surface area contributed by atoms with Crippen LogP contribution in [0.25, 0.3) is 11.1 Å². The Morgan fingerprint density at radius 3 is 2.68 bits per heavy atom. The molecule has 0 amide bonds. The molecule has 0 saturated heterocycles. The van der Waals surface area contributed by atoms with Gasteiger partial charge in [0.15, 0.2) is 17.2 Å². The van der Waals surface area contributed by atoms with Gasteiger partial charge in [0.2, 0.25) is 5.78 Å². The minimum absolute atomic E-state index is 0.0283. The first kappa shape index (κ1) is 23.5. The van der Waals surface area contributed by atoms with Gasteiger partial charge in [-0.2, -0.15) is 0 Å². The summed E-state index contributed by atoms with van der Waals surface area (Å²) in [5.74, 6) is 0.606. The second-order valence-corrected chi connectivity index (χ2v) is 10.0. The van der Waals surface area contributed by atoms with E-state index in [2.05, 4.69) is 0 Å². The van der Waals surface area contributed by atoms with E-state index in [9.17, 15) is 9.59 Å². The second-order valence-electron chi connectivity index (χ2n) is 10.0. The van der Waals surface area contributed by atoms with Crippen molar-refractivity contribution in [2.45, 2.75) is 51.2 Å². The Bertz CT molecular complexity index is 1450. The summed E-state index contributed by atoms with van der Waals surface area (Å²) in [6.07, 6.45) is 1.55. The molecule has 3 aromatic carbocycles. The first-order valence-corrected chi connectivity index (χ1v) is 12.4. The van der Waals surface area contributed by atoms with Gasteiger partial charge < -0.3 is 18.9 Å². The SMILES string of the molecule is COC(=O)C[C@@H]1COc2cc(OCc3cccc(-c4c(C)c(F)c5c(c4C)C(=O)C4(CC4)O5)c3)ccc21. The Morgan fingerprint density at radius 2 is 1.92 bits per heavy atom. The fourth-order valence-electron chi connectivity index (χ4n) is 5.46. The highest BCUT2D eigenvalue weighted by Gasteiger charge is 2.59. The van der Waals surface area contributed by atoms with Crippen molar-refractivity contribution in [2.75, 3.05) is 13.7 Å². The number of halogens is 1. The molecule has 1 aliphatic carbocycles. The monoisotopic (exact) mass is 502 g/mol. The van der Waals surface area contributed by atoms with Gasteiger partial charge in [-0.1, -0.05) is 24.3 Å². The maximum Gasteiger partial charge on any atom is 0.306 e. The number of methoxy groups -OCH3 is 1. The minimum Gasteiger partial charge on any atom is -0.492 e. The van der Waals surface area contributed by atoms with Gasteiger partial charge in [0, 0.05) is 17.5 Å². The van der Waals surface area contributed by atoms with Gasteiger partial charge in [0.25, 0.3) is 0 Å². The zero-order valence-electron chi connectivity index (χ0n) is 21.0. The third-order valence-corrected chi connectivity index (χ3v) is 7.65. The molecule has 1 spiro atoms. The molecule has 0 bridgehead atoms. The Balaban J connectivity index is 1.23. The highest BCUT2D eigenvalue weighted by Crippen LogP contribution is 2.53. The van der Waals surface area contributed by atoms with Crippen molar-refractivity contribution in [3.8, 4) is 28.4 Å². The van der Waals surface area contributed by atoms with Crippen LogP contribution in [0.3, 0.4) is 0 Å². The van der Waals surface area contributed by atoms with Crippen molar-refractivity contribution in [2.24, 2.45) is 0 Å². The van der Waals surface area contributed by atoms with Gasteiger partial charge in [0.05, 0.1) is 25.7 Å². The predicted molar refractivity (Wildman–Crippen MR) is 134 cm³/mol. The number of hydrogen-bond acceptors (Lipinski definition) is 6. The van der Waals surface area contributed by atoms with Crippen LogP contribution in [0.2, 0.25) is 0 Å². The summed E-state index contributed by atoms with van der Waals surface area (Å²) in [6.45, 7) is 4.32. The molecule has 190 valence electrons. The topological polar surface area (TPSA) is 71.1 Å². The largest absolute Gasteiger partial charge is 0.492 e. The van der Waals surface area contributed by atoms with Gasteiger partial charge in [-0.3, -0.25) is 9.59 Å². The fourth-order valence-corrected chi connectivity index (χ4v) is 5.46.